The Balaban J connectivity index is 2.16. The Hall–Kier alpha value is -0.780. The quantitative estimate of drug-likeness (QED) is 0.867. The van der Waals surface area contributed by atoms with Crippen LogP contribution in [0.15, 0.2) is 24.3 Å². The Labute approximate surface area is 121 Å². The van der Waals surface area contributed by atoms with Gasteiger partial charge >= 0.3 is 0 Å². The molecule has 1 aromatic rings. The van der Waals surface area contributed by atoms with Crippen LogP contribution >= 0.6 is 35.6 Å². The molecule has 0 spiro atoms. The average molecular weight is 301 g/mol. The third kappa shape index (κ3) is 2.79. The van der Waals surface area contributed by atoms with Gasteiger partial charge in [0.25, 0.3) is 5.91 Å². The fourth-order valence-corrected chi connectivity index (χ4v) is 2.73. The first-order valence-corrected chi connectivity index (χ1v) is 7.70. The summed E-state index contributed by atoms with van der Waals surface area (Å²) in [6.45, 7) is 0. The first kappa shape index (κ1) is 13.6. The maximum atomic E-state index is 12.2. The van der Waals surface area contributed by atoms with E-state index in [0.29, 0.717) is 10.1 Å². The molecular formula is C12H13ClN2OS2. The molecule has 18 heavy (non-hydrogen) atoms. The van der Waals surface area contributed by atoms with Crippen LogP contribution in [0.1, 0.15) is 6.42 Å². The summed E-state index contributed by atoms with van der Waals surface area (Å²) in [5, 5.41) is 4.17. The lowest BCUT2D eigenvalue weighted by molar-refractivity contribution is -0.118. The second-order valence-corrected chi connectivity index (χ2v) is 5.74. The summed E-state index contributed by atoms with van der Waals surface area (Å²) in [6, 6.07) is 6.89. The van der Waals surface area contributed by atoms with E-state index in [-0.39, 0.29) is 11.9 Å². The lowest BCUT2D eigenvalue weighted by atomic mass is 10.2. The van der Waals surface area contributed by atoms with Gasteiger partial charge in [-0.1, -0.05) is 11.6 Å². The zero-order valence-corrected chi connectivity index (χ0v) is 12.2. The highest BCUT2D eigenvalue weighted by Gasteiger charge is 2.35. The van der Waals surface area contributed by atoms with Gasteiger partial charge in [0.1, 0.15) is 6.04 Å². The van der Waals surface area contributed by atoms with Gasteiger partial charge in [-0.15, -0.1) is 0 Å². The lowest BCUT2D eigenvalue weighted by Crippen LogP contribution is -2.31. The highest BCUT2D eigenvalue weighted by molar-refractivity contribution is 7.98. The van der Waals surface area contributed by atoms with Crippen molar-refractivity contribution in [1.82, 2.24) is 5.32 Å². The summed E-state index contributed by atoms with van der Waals surface area (Å²) in [7, 11) is 0. The van der Waals surface area contributed by atoms with Crippen LogP contribution in [0, 0.1) is 0 Å². The topological polar surface area (TPSA) is 32.3 Å². The largest absolute Gasteiger partial charge is 0.350 e. The normalized spacial score (nSPS) is 19.2. The number of hydrogen-bond acceptors (Lipinski definition) is 3. The van der Waals surface area contributed by atoms with E-state index in [4.69, 9.17) is 23.8 Å². The van der Waals surface area contributed by atoms with E-state index in [9.17, 15) is 4.79 Å². The summed E-state index contributed by atoms with van der Waals surface area (Å²) in [5.41, 5.74) is 0.758. The zero-order chi connectivity index (χ0) is 13.1. The molecule has 0 radical (unpaired) electrons. The van der Waals surface area contributed by atoms with Gasteiger partial charge in [-0.2, -0.15) is 11.8 Å². The molecule has 1 aromatic carbocycles. The summed E-state index contributed by atoms with van der Waals surface area (Å²) < 4.78 is 0. The van der Waals surface area contributed by atoms with Gasteiger partial charge in [0.2, 0.25) is 0 Å². The number of hydrogen-bond donors (Lipinski definition) is 1. The van der Waals surface area contributed by atoms with Gasteiger partial charge in [-0.3, -0.25) is 9.69 Å². The molecule has 1 heterocycles. The predicted molar refractivity (Wildman–Crippen MR) is 81.5 cm³/mol. The molecule has 0 saturated carbocycles. The van der Waals surface area contributed by atoms with Crippen LogP contribution in [0.25, 0.3) is 0 Å². The van der Waals surface area contributed by atoms with E-state index >= 15 is 0 Å². The van der Waals surface area contributed by atoms with Crippen LogP contribution in [0.2, 0.25) is 5.02 Å². The Morgan fingerprint density at radius 2 is 2.11 bits per heavy atom. The fraction of sp³-hybridized carbons (Fsp3) is 0.333. The smallest absolute Gasteiger partial charge is 0.255 e. The molecule has 1 fully saturated rings. The van der Waals surface area contributed by atoms with Crippen molar-refractivity contribution in [2.45, 2.75) is 12.5 Å². The van der Waals surface area contributed by atoms with E-state index in [0.717, 1.165) is 17.9 Å². The van der Waals surface area contributed by atoms with Crippen LogP contribution in [0.5, 0.6) is 0 Å². The van der Waals surface area contributed by atoms with Crippen molar-refractivity contribution in [1.29, 1.82) is 0 Å². The van der Waals surface area contributed by atoms with Gasteiger partial charge in [0.05, 0.1) is 5.69 Å². The number of thiocarbonyl (C=S) groups is 1. The number of carbonyl (C=O) groups excluding carboxylic acids is 1. The minimum atomic E-state index is -0.208. The molecule has 0 bridgehead atoms. The van der Waals surface area contributed by atoms with Crippen molar-refractivity contribution < 1.29 is 4.79 Å². The highest BCUT2D eigenvalue weighted by Crippen LogP contribution is 2.23. The number of amides is 1. The molecular weight excluding hydrogens is 288 g/mol. The van der Waals surface area contributed by atoms with Gasteiger partial charge in [0.15, 0.2) is 5.11 Å². The van der Waals surface area contributed by atoms with Crippen LogP contribution in [-0.2, 0) is 4.79 Å². The summed E-state index contributed by atoms with van der Waals surface area (Å²) in [4.78, 5) is 13.8. The van der Waals surface area contributed by atoms with E-state index in [2.05, 4.69) is 5.32 Å². The Kier molecular flexibility index (Phi) is 4.48. The van der Waals surface area contributed by atoms with Gasteiger partial charge < -0.3 is 5.32 Å². The Morgan fingerprint density at radius 1 is 1.44 bits per heavy atom. The Bertz CT molecular complexity index is 464. The summed E-state index contributed by atoms with van der Waals surface area (Å²) >= 11 is 12.8. The molecule has 1 saturated heterocycles. The average Bonchev–Trinajstić information content (AvgIpc) is 2.63. The first-order valence-electron chi connectivity index (χ1n) is 5.52. The molecule has 0 aromatic heterocycles. The molecule has 96 valence electrons. The number of nitrogens with one attached hydrogen (secondary N) is 1. The number of nitrogens with zero attached hydrogens (tertiary/aromatic N) is 1. The molecule has 1 unspecified atom stereocenters. The molecule has 1 atom stereocenters. The van der Waals surface area contributed by atoms with Crippen LogP contribution in [0.3, 0.4) is 0 Å². The van der Waals surface area contributed by atoms with Crippen LogP contribution in [-0.4, -0.2) is 29.1 Å². The lowest BCUT2D eigenvalue weighted by Gasteiger charge is -2.14. The number of benzene rings is 1. The van der Waals surface area contributed by atoms with Gasteiger partial charge in [-0.05, 0) is 54.9 Å². The van der Waals surface area contributed by atoms with Crippen molar-refractivity contribution in [2.75, 3.05) is 16.9 Å². The summed E-state index contributed by atoms with van der Waals surface area (Å²) in [5.74, 6) is 0.942. The predicted octanol–water partition coefficient (Wildman–Crippen LogP) is 2.68. The van der Waals surface area contributed by atoms with Crippen LogP contribution in [0.4, 0.5) is 5.69 Å². The third-order valence-electron chi connectivity index (χ3n) is 2.71. The monoisotopic (exact) mass is 300 g/mol. The SMILES string of the molecule is CSCCC1NC(=S)N(c2ccc(Cl)cc2)C1=O. The van der Waals surface area contributed by atoms with E-state index in [1.807, 2.05) is 6.26 Å². The molecule has 3 nitrogen and oxygen atoms in total. The maximum absolute atomic E-state index is 12.2. The van der Waals surface area contributed by atoms with Crippen molar-refractivity contribution >= 4 is 52.3 Å². The van der Waals surface area contributed by atoms with E-state index in [1.54, 1.807) is 36.0 Å². The van der Waals surface area contributed by atoms with Crippen LogP contribution < -0.4 is 10.2 Å². The number of rotatable bonds is 4. The molecule has 1 aliphatic rings. The second kappa shape index (κ2) is 5.91. The Morgan fingerprint density at radius 3 is 2.72 bits per heavy atom. The van der Waals surface area contributed by atoms with Crippen molar-refractivity contribution in [3.05, 3.63) is 29.3 Å². The number of thioether (sulfide) groups is 1. The number of halogens is 1. The molecule has 6 heteroatoms. The first-order chi connectivity index (χ1) is 8.63. The van der Waals surface area contributed by atoms with Crippen molar-refractivity contribution in [3.8, 4) is 0 Å². The standard InChI is InChI=1S/C12H13ClN2OS2/c1-18-7-6-10-11(16)15(12(17)14-10)9-4-2-8(13)3-5-9/h2-5,10H,6-7H2,1H3,(H,14,17). The maximum Gasteiger partial charge on any atom is 0.255 e. The molecule has 1 amide bonds. The zero-order valence-electron chi connectivity index (χ0n) is 9.85. The highest BCUT2D eigenvalue weighted by atomic mass is 35.5. The van der Waals surface area contributed by atoms with Gasteiger partial charge in [0, 0.05) is 5.02 Å². The van der Waals surface area contributed by atoms with Crippen molar-refractivity contribution in [3.63, 3.8) is 0 Å². The molecule has 0 aliphatic carbocycles. The second-order valence-electron chi connectivity index (χ2n) is 3.93. The summed E-state index contributed by atoms with van der Waals surface area (Å²) in [6.07, 6.45) is 2.80. The van der Waals surface area contributed by atoms with Crippen molar-refractivity contribution in [2.24, 2.45) is 0 Å². The van der Waals surface area contributed by atoms with E-state index in [1.165, 1.54) is 4.90 Å². The molecule has 2 rings (SSSR count). The van der Waals surface area contributed by atoms with E-state index < -0.39 is 0 Å². The minimum absolute atomic E-state index is 0.0105. The molecule has 1 N–H and O–H groups in total. The third-order valence-corrected chi connectivity index (χ3v) is 3.91. The molecule has 1 aliphatic heterocycles. The number of carbonyl (C=O) groups is 1. The minimum Gasteiger partial charge on any atom is -0.350 e. The van der Waals surface area contributed by atoms with Gasteiger partial charge in [-0.25, -0.2) is 0 Å². The fourth-order valence-electron chi connectivity index (χ4n) is 1.80. The number of anilines is 1.